The summed E-state index contributed by atoms with van der Waals surface area (Å²) in [5, 5.41) is 8.74. The molecule has 0 fully saturated rings. The average Bonchev–Trinajstić information content (AvgIpc) is 2.21. The van der Waals surface area contributed by atoms with Gasteiger partial charge in [-0.2, -0.15) is 26.3 Å². The maximum absolute atomic E-state index is 12.3. The number of aliphatic hydroxyl groups is 1. The predicted molar refractivity (Wildman–Crippen MR) is 69.3 cm³/mol. The lowest BCUT2D eigenvalue weighted by molar-refractivity contribution is -0.375. The van der Waals surface area contributed by atoms with E-state index in [1.165, 1.54) is 29.5 Å². The van der Waals surface area contributed by atoms with Gasteiger partial charge in [0.2, 0.25) is 0 Å². The Labute approximate surface area is 131 Å². The van der Waals surface area contributed by atoms with E-state index >= 15 is 0 Å². The zero-order valence-corrected chi connectivity index (χ0v) is 13.5. The first-order valence-corrected chi connectivity index (χ1v) is 7.07. The number of carbonyl (C=O) groups excluding carboxylic acids is 1. The van der Waals surface area contributed by atoms with Crippen LogP contribution in [-0.4, -0.2) is 43.5 Å². The maximum atomic E-state index is 12.3. The van der Waals surface area contributed by atoms with Gasteiger partial charge in [-0.25, -0.2) is 0 Å². The maximum Gasteiger partial charge on any atom is 0.429 e. The molecule has 0 spiro atoms. The Balaban J connectivity index is 5.07. The highest BCUT2D eigenvalue weighted by Gasteiger charge is 2.71. The summed E-state index contributed by atoms with van der Waals surface area (Å²) in [6, 6.07) is 0. The molecule has 1 atom stereocenters. The van der Waals surface area contributed by atoms with E-state index < -0.39 is 34.0 Å². The molecule has 0 aliphatic heterocycles. The normalized spacial score (nSPS) is 16.9. The van der Waals surface area contributed by atoms with Gasteiger partial charge in [-0.05, 0) is 6.92 Å². The molecular weight excluding hydrogens is 512 g/mol. The fourth-order valence-electron chi connectivity index (χ4n) is 0.699. The van der Waals surface area contributed by atoms with Crippen molar-refractivity contribution in [3.05, 3.63) is 0 Å². The van der Waals surface area contributed by atoms with Crippen molar-refractivity contribution in [3.63, 3.8) is 0 Å². The van der Waals surface area contributed by atoms with E-state index in [2.05, 4.69) is 4.74 Å². The largest absolute Gasteiger partial charge is 0.461 e. The number of rotatable bonds is 4. The van der Waals surface area contributed by atoms with Gasteiger partial charge in [0.1, 0.15) is 10.0 Å². The van der Waals surface area contributed by atoms with Crippen molar-refractivity contribution in [2.24, 2.45) is 0 Å². The van der Waals surface area contributed by atoms with E-state index in [0.29, 0.717) is 0 Å². The number of hydrogen-bond donors (Lipinski definition) is 1. The number of carbonyl (C=O) groups is 1. The van der Waals surface area contributed by atoms with Crippen LogP contribution in [0, 0.1) is 0 Å². The van der Waals surface area contributed by atoms with Crippen LogP contribution in [0.3, 0.4) is 0 Å². The van der Waals surface area contributed by atoms with Crippen LogP contribution in [0.15, 0.2) is 0 Å². The minimum atomic E-state index is -6.00. The molecule has 0 aliphatic carbocycles. The van der Waals surface area contributed by atoms with Crippen LogP contribution in [0.1, 0.15) is 6.92 Å². The first-order valence-electron chi connectivity index (χ1n) is 4.47. The fraction of sp³-hybridized carbons (Fsp3) is 0.875. The Hall–Kier alpha value is 0.470. The van der Waals surface area contributed by atoms with Gasteiger partial charge in [0.05, 0.1) is 0 Å². The van der Waals surface area contributed by atoms with Crippen LogP contribution in [-0.2, 0) is 9.53 Å². The zero-order valence-electron chi connectivity index (χ0n) is 9.20. The summed E-state index contributed by atoms with van der Waals surface area (Å²) in [7, 11) is 0. The first-order chi connectivity index (χ1) is 8.19. The molecule has 11 heteroatoms. The number of halogens is 8. The van der Waals surface area contributed by atoms with E-state index in [0.717, 1.165) is 0 Å². The highest BCUT2D eigenvalue weighted by atomic mass is 127. The van der Waals surface area contributed by atoms with E-state index in [1.54, 1.807) is 22.6 Å². The summed E-state index contributed by atoms with van der Waals surface area (Å²) < 4.78 is 76.4. The smallest absolute Gasteiger partial charge is 0.429 e. The minimum Gasteiger partial charge on any atom is -0.461 e. The van der Waals surface area contributed by atoms with Crippen LogP contribution in [0.4, 0.5) is 26.3 Å². The molecule has 0 rings (SSSR count). The Morgan fingerprint density at radius 3 is 1.79 bits per heavy atom. The van der Waals surface area contributed by atoms with Crippen LogP contribution in [0.5, 0.6) is 0 Å². The standard InChI is InChI=1S/C8H8F6I2O3/c1-5(16,2-15)4(17)19-3-6(18,7(9,10)11)8(12,13)14/h18H,2-3H2,1H3. The topological polar surface area (TPSA) is 46.5 Å². The first kappa shape index (κ1) is 19.5. The Morgan fingerprint density at radius 2 is 1.53 bits per heavy atom. The second kappa shape index (κ2) is 6.07. The van der Waals surface area contributed by atoms with Gasteiger partial charge >= 0.3 is 18.3 Å². The fourth-order valence-corrected chi connectivity index (χ4v) is 1.17. The molecule has 0 bridgehead atoms. The molecule has 19 heavy (non-hydrogen) atoms. The average molecular weight is 520 g/mol. The van der Waals surface area contributed by atoms with Gasteiger partial charge in [-0.1, -0.05) is 45.2 Å². The molecule has 3 nitrogen and oxygen atoms in total. The lowest BCUT2D eigenvalue weighted by atomic mass is 10.0. The van der Waals surface area contributed by atoms with Crippen molar-refractivity contribution in [3.8, 4) is 0 Å². The molecule has 1 N–H and O–H groups in total. The Bertz CT molecular complexity index is 324. The predicted octanol–water partition coefficient (Wildman–Crippen LogP) is 3.01. The molecule has 0 aromatic carbocycles. The summed E-state index contributed by atoms with van der Waals surface area (Å²) in [4.78, 5) is 11.3. The molecule has 0 heterocycles. The molecule has 0 aliphatic rings. The number of esters is 1. The third-order valence-corrected chi connectivity index (χ3v) is 5.83. The van der Waals surface area contributed by atoms with Gasteiger partial charge in [0.25, 0.3) is 5.60 Å². The van der Waals surface area contributed by atoms with Crippen molar-refractivity contribution in [1.29, 1.82) is 0 Å². The van der Waals surface area contributed by atoms with Crippen molar-refractivity contribution < 1.29 is 41.0 Å². The molecule has 0 radical (unpaired) electrons. The molecule has 0 amide bonds. The van der Waals surface area contributed by atoms with Crippen LogP contribution in [0.2, 0.25) is 0 Å². The van der Waals surface area contributed by atoms with Crippen molar-refractivity contribution in [2.45, 2.75) is 28.3 Å². The summed E-state index contributed by atoms with van der Waals surface area (Å²) in [6.45, 7) is -0.948. The zero-order chi connectivity index (χ0) is 15.7. The van der Waals surface area contributed by atoms with Gasteiger partial charge in [-0.15, -0.1) is 0 Å². The van der Waals surface area contributed by atoms with E-state index in [-0.39, 0.29) is 4.43 Å². The SMILES string of the molecule is CC(I)(CI)C(=O)OCC(O)(C(F)(F)F)C(F)(F)F. The quantitative estimate of drug-likeness (QED) is 0.269. The summed E-state index contributed by atoms with van der Waals surface area (Å²) in [6.07, 6.45) is -12.0. The second-order valence-corrected chi connectivity index (χ2v) is 6.91. The van der Waals surface area contributed by atoms with E-state index in [1.807, 2.05) is 0 Å². The van der Waals surface area contributed by atoms with Crippen LogP contribution in [0.25, 0.3) is 0 Å². The monoisotopic (exact) mass is 520 g/mol. The lowest BCUT2D eigenvalue weighted by Crippen LogP contribution is -2.60. The lowest BCUT2D eigenvalue weighted by Gasteiger charge is -2.32. The summed E-state index contributed by atoms with van der Waals surface area (Å²) >= 11 is 3.26. The third-order valence-electron chi connectivity index (χ3n) is 2.03. The highest BCUT2D eigenvalue weighted by Crippen LogP contribution is 2.43. The van der Waals surface area contributed by atoms with E-state index in [9.17, 15) is 31.1 Å². The minimum absolute atomic E-state index is 0.112. The third kappa shape index (κ3) is 4.47. The van der Waals surface area contributed by atoms with Crippen LogP contribution >= 0.6 is 45.2 Å². The summed E-state index contributed by atoms with van der Waals surface area (Å²) in [5.41, 5.74) is -5.08. The van der Waals surface area contributed by atoms with Crippen molar-refractivity contribution in [2.75, 3.05) is 11.0 Å². The second-order valence-electron chi connectivity index (χ2n) is 3.76. The molecule has 0 aromatic heterocycles. The van der Waals surface area contributed by atoms with Gasteiger partial charge in [-0.3, -0.25) is 4.79 Å². The van der Waals surface area contributed by atoms with Crippen molar-refractivity contribution >= 4 is 51.2 Å². The number of ether oxygens (including phenoxy) is 1. The van der Waals surface area contributed by atoms with Gasteiger partial charge < -0.3 is 9.84 Å². The number of alkyl halides is 8. The molecular formula is C8H8F6I2O3. The van der Waals surface area contributed by atoms with Crippen molar-refractivity contribution in [1.82, 2.24) is 0 Å². The molecule has 0 saturated heterocycles. The summed E-state index contributed by atoms with van der Waals surface area (Å²) in [5.74, 6) is -1.27. The molecule has 0 aromatic rings. The van der Waals surface area contributed by atoms with Gasteiger partial charge in [0, 0.05) is 4.43 Å². The van der Waals surface area contributed by atoms with E-state index in [4.69, 9.17) is 5.11 Å². The van der Waals surface area contributed by atoms with Gasteiger partial charge in [0.15, 0.2) is 0 Å². The molecule has 0 saturated carbocycles. The Kier molecular flexibility index (Phi) is 6.22. The van der Waals surface area contributed by atoms with Crippen LogP contribution < -0.4 is 0 Å². The number of hydrogen-bond acceptors (Lipinski definition) is 3. The highest BCUT2D eigenvalue weighted by molar-refractivity contribution is 14.1. The Morgan fingerprint density at radius 1 is 1.16 bits per heavy atom. The molecule has 1 unspecified atom stereocenters. The molecule has 114 valence electrons.